The fourth-order valence-corrected chi connectivity index (χ4v) is 2.65. The Balaban J connectivity index is 1.73. The molecule has 138 valence electrons. The Hall–Kier alpha value is -2.12. The first-order chi connectivity index (χ1) is 12.1. The summed E-state index contributed by atoms with van der Waals surface area (Å²) in [7, 11) is 1.59. The minimum Gasteiger partial charge on any atom is -0.497 e. The third-order valence-electron chi connectivity index (χ3n) is 4.11. The highest BCUT2D eigenvalue weighted by atomic mass is 16.5. The molecule has 1 aromatic carbocycles. The van der Waals surface area contributed by atoms with Crippen LogP contribution < -0.4 is 15.4 Å². The molecule has 1 aliphatic heterocycles. The van der Waals surface area contributed by atoms with Crippen molar-refractivity contribution < 1.29 is 19.1 Å². The Morgan fingerprint density at radius 1 is 1.24 bits per heavy atom. The summed E-state index contributed by atoms with van der Waals surface area (Å²) >= 11 is 0. The van der Waals surface area contributed by atoms with Crippen LogP contribution in [0.2, 0.25) is 0 Å². The van der Waals surface area contributed by atoms with Gasteiger partial charge < -0.3 is 20.1 Å². The molecular formula is C18H27N3O4. The van der Waals surface area contributed by atoms with Crippen LogP contribution in [0.4, 0.5) is 5.69 Å². The molecule has 0 bridgehead atoms. The zero-order valence-electron chi connectivity index (χ0n) is 14.9. The molecule has 0 aromatic heterocycles. The average Bonchev–Trinajstić information content (AvgIpc) is 3.13. The molecule has 1 fully saturated rings. The Morgan fingerprint density at radius 3 is 2.56 bits per heavy atom. The number of benzene rings is 1. The Kier molecular flexibility index (Phi) is 7.69. The van der Waals surface area contributed by atoms with Crippen LogP contribution in [0.1, 0.15) is 19.8 Å². The number of rotatable bonds is 9. The number of carbonyl (C=O) groups is 2. The van der Waals surface area contributed by atoms with Gasteiger partial charge in [-0.05, 0) is 43.7 Å². The minimum absolute atomic E-state index is 0.0883. The molecule has 2 N–H and O–H groups in total. The van der Waals surface area contributed by atoms with E-state index in [1.807, 2.05) is 6.92 Å². The maximum absolute atomic E-state index is 12.1. The summed E-state index contributed by atoms with van der Waals surface area (Å²) < 4.78 is 10.6. The molecule has 1 aromatic rings. The van der Waals surface area contributed by atoms with Crippen molar-refractivity contribution >= 4 is 17.5 Å². The largest absolute Gasteiger partial charge is 0.497 e. The minimum atomic E-state index is -0.154. The number of hydrogen-bond donors (Lipinski definition) is 2. The van der Waals surface area contributed by atoms with Gasteiger partial charge in [0.05, 0.1) is 26.3 Å². The molecule has 0 aliphatic carbocycles. The predicted molar refractivity (Wildman–Crippen MR) is 95.7 cm³/mol. The third kappa shape index (κ3) is 6.72. The van der Waals surface area contributed by atoms with E-state index in [4.69, 9.17) is 9.47 Å². The highest BCUT2D eigenvalue weighted by Crippen LogP contribution is 2.15. The highest BCUT2D eigenvalue weighted by Gasteiger charge is 2.18. The molecule has 0 unspecified atom stereocenters. The fourth-order valence-electron chi connectivity index (χ4n) is 2.65. The summed E-state index contributed by atoms with van der Waals surface area (Å²) in [5.41, 5.74) is 0.699. The smallest absolute Gasteiger partial charge is 0.238 e. The number of nitrogens with zero attached hydrogens (tertiary/aromatic N) is 1. The van der Waals surface area contributed by atoms with Crippen molar-refractivity contribution in [2.45, 2.75) is 25.9 Å². The number of amides is 2. The number of methoxy groups -OCH3 is 1. The van der Waals surface area contributed by atoms with Crippen LogP contribution in [0.3, 0.4) is 0 Å². The summed E-state index contributed by atoms with van der Waals surface area (Å²) in [6.07, 6.45) is 2.16. The van der Waals surface area contributed by atoms with Gasteiger partial charge in [0.1, 0.15) is 5.75 Å². The van der Waals surface area contributed by atoms with Gasteiger partial charge in [-0.15, -0.1) is 0 Å². The molecule has 0 radical (unpaired) electrons. The molecule has 1 heterocycles. The third-order valence-corrected chi connectivity index (χ3v) is 4.11. The van der Waals surface area contributed by atoms with Crippen LogP contribution in [-0.2, 0) is 14.3 Å². The normalized spacial score (nSPS) is 16.7. The molecule has 1 atom stereocenters. The second-order valence-electron chi connectivity index (χ2n) is 6.02. The van der Waals surface area contributed by atoms with Gasteiger partial charge in [-0.3, -0.25) is 14.5 Å². The van der Waals surface area contributed by atoms with E-state index in [9.17, 15) is 9.59 Å². The zero-order valence-corrected chi connectivity index (χ0v) is 14.9. The lowest BCUT2D eigenvalue weighted by Gasteiger charge is -2.20. The van der Waals surface area contributed by atoms with E-state index in [0.29, 0.717) is 18.8 Å². The van der Waals surface area contributed by atoms with Crippen LogP contribution in [0.25, 0.3) is 0 Å². The molecule has 0 spiro atoms. The Labute approximate surface area is 148 Å². The van der Waals surface area contributed by atoms with Crippen molar-refractivity contribution in [1.82, 2.24) is 10.2 Å². The molecule has 25 heavy (non-hydrogen) atoms. The first-order valence-corrected chi connectivity index (χ1v) is 8.65. The fraction of sp³-hybridized carbons (Fsp3) is 0.556. The number of carbonyl (C=O) groups excluding carboxylic acids is 2. The maximum atomic E-state index is 12.1. The van der Waals surface area contributed by atoms with Crippen molar-refractivity contribution in [3.8, 4) is 5.75 Å². The topological polar surface area (TPSA) is 79.9 Å². The Morgan fingerprint density at radius 2 is 1.96 bits per heavy atom. The zero-order chi connectivity index (χ0) is 18.1. The maximum Gasteiger partial charge on any atom is 0.238 e. The number of likely N-dealkylation sites (N-methyl/N-ethyl adjacent to an activating group) is 1. The molecule has 7 nitrogen and oxygen atoms in total. The van der Waals surface area contributed by atoms with Gasteiger partial charge in [-0.25, -0.2) is 0 Å². The van der Waals surface area contributed by atoms with Crippen molar-refractivity contribution in [3.05, 3.63) is 24.3 Å². The van der Waals surface area contributed by atoms with Crippen molar-refractivity contribution in [3.63, 3.8) is 0 Å². The SMILES string of the molecule is CCN(CC(=O)NC[C@H]1CCCO1)CC(=O)Nc1ccc(OC)cc1. The predicted octanol–water partition coefficient (Wildman–Crippen LogP) is 1.25. The highest BCUT2D eigenvalue weighted by molar-refractivity contribution is 5.92. The molecular weight excluding hydrogens is 322 g/mol. The summed E-state index contributed by atoms with van der Waals surface area (Å²) in [5.74, 6) is 0.490. The average molecular weight is 349 g/mol. The van der Waals surface area contributed by atoms with E-state index in [-0.39, 0.29) is 31.0 Å². The van der Waals surface area contributed by atoms with E-state index in [0.717, 1.165) is 25.2 Å². The number of nitrogens with one attached hydrogen (secondary N) is 2. The van der Waals surface area contributed by atoms with Gasteiger partial charge in [-0.1, -0.05) is 6.92 Å². The van der Waals surface area contributed by atoms with Crippen molar-refractivity contribution in [2.24, 2.45) is 0 Å². The molecule has 2 amide bonds. The van der Waals surface area contributed by atoms with Crippen molar-refractivity contribution in [2.75, 3.05) is 45.2 Å². The standard InChI is InChI=1S/C18H27N3O4/c1-3-21(12-17(22)19-11-16-5-4-10-25-16)13-18(23)20-14-6-8-15(24-2)9-7-14/h6-9,16H,3-5,10-13H2,1-2H3,(H,19,22)(H,20,23)/t16-/m1/s1. The van der Waals surface area contributed by atoms with Gasteiger partial charge in [0.2, 0.25) is 11.8 Å². The van der Waals surface area contributed by atoms with Gasteiger partial charge in [-0.2, -0.15) is 0 Å². The number of hydrogen-bond acceptors (Lipinski definition) is 5. The van der Waals surface area contributed by atoms with Gasteiger partial charge >= 0.3 is 0 Å². The lowest BCUT2D eigenvalue weighted by atomic mass is 10.2. The van der Waals surface area contributed by atoms with Crippen LogP contribution in [0.15, 0.2) is 24.3 Å². The molecule has 0 saturated carbocycles. The van der Waals surface area contributed by atoms with Crippen LogP contribution >= 0.6 is 0 Å². The second kappa shape index (κ2) is 10.0. The molecule has 2 rings (SSSR count). The summed E-state index contributed by atoms with van der Waals surface area (Å²) in [6, 6.07) is 7.13. The number of ether oxygens (including phenoxy) is 2. The van der Waals surface area contributed by atoms with Gasteiger partial charge in [0.15, 0.2) is 0 Å². The summed E-state index contributed by atoms with van der Waals surface area (Å²) in [6.45, 7) is 4.20. The number of anilines is 1. The van der Waals surface area contributed by atoms with Gasteiger partial charge in [0, 0.05) is 18.8 Å². The van der Waals surface area contributed by atoms with Crippen LogP contribution in [0, 0.1) is 0 Å². The molecule has 1 aliphatic rings. The van der Waals surface area contributed by atoms with E-state index in [1.165, 1.54) is 0 Å². The molecule has 1 saturated heterocycles. The Bertz CT molecular complexity index is 556. The lowest BCUT2D eigenvalue weighted by Crippen LogP contribution is -2.42. The van der Waals surface area contributed by atoms with Crippen molar-refractivity contribution in [1.29, 1.82) is 0 Å². The summed E-state index contributed by atoms with van der Waals surface area (Å²) in [4.78, 5) is 26.0. The lowest BCUT2D eigenvalue weighted by molar-refractivity contribution is -0.123. The first-order valence-electron chi connectivity index (χ1n) is 8.65. The van der Waals surface area contributed by atoms with Crippen LogP contribution in [-0.4, -0.2) is 62.7 Å². The van der Waals surface area contributed by atoms with Crippen LogP contribution in [0.5, 0.6) is 5.75 Å². The second-order valence-corrected chi connectivity index (χ2v) is 6.02. The van der Waals surface area contributed by atoms with E-state index in [1.54, 1.807) is 36.3 Å². The van der Waals surface area contributed by atoms with Gasteiger partial charge in [0.25, 0.3) is 0 Å². The summed E-state index contributed by atoms with van der Waals surface area (Å²) in [5, 5.41) is 5.69. The van der Waals surface area contributed by atoms with E-state index >= 15 is 0 Å². The quantitative estimate of drug-likeness (QED) is 0.701. The monoisotopic (exact) mass is 349 g/mol. The first kappa shape index (κ1) is 19.2. The van der Waals surface area contributed by atoms with E-state index < -0.39 is 0 Å². The van der Waals surface area contributed by atoms with E-state index in [2.05, 4.69) is 10.6 Å². The molecule has 7 heteroatoms.